The van der Waals surface area contributed by atoms with E-state index < -0.39 is 12.1 Å². The van der Waals surface area contributed by atoms with Crippen molar-refractivity contribution in [1.29, 1.82) is 0 Å². The third-order valence-corrected chi connectivity index (χ3v) is 2.34. The summed E-state index contributed by atoms with van der Waals surface area (Å²) in [5.41, 5.74) is 0. The average Bonchev–Trinajstić information content (AvgIpc) is 2.22. The van der Waals surface area contributed by atoms with Gasteiger partial charge < -0.3 is 15.5 Å². The summed E-state index contributed by atoms with van der Waals surface area (Å²) in [4.78, 5) is 11.3. The first kappa shape index (κ1) is 14.4. The average molecular weight is 217 g/mol. The maximum absolute atomic E-state index is 11.3. The molecular formula is C11H23NO3. The van der Waals surface area contributed by atoms with E-state index in [4.69, 9.17) is 5.11 Å². The van der Waals surface area contributed by atoms with Gasteiger partial charge >= 0.3 is 0 Å². The van der Waals surface area contributed by atoms with Gasteiger partial charge in [0.1, 0.15) is 0 Å². The van der Waals surface area contributed by atoms with Gasteiger partial charge in [0.15, 0.2) is 0 Å². The molecule has 0 aliphatic rings. The van der Waals surface area contributed by atoms with Crippen LogP contribution in [0.5, 0.6) is 0 Å². The van der Waals surface area contributed by atoms with E-state index in [9.17, 15) is 9.90 Å². The lowest BCUT2D eigenvalue weighted by Gasteiger charge is -2.22. The summed E-state index contributed by atoms with van der Waals surface area (Å²) in [5, 5.41) is 21.4. The smallest absolute Gasteiger partial charge is 0.220 e. The Balaban J connectivity index is 3.93. The number of carbonyl (C=O) groups excluding carboxylic acids is 1. The normalized spacial score (nSPS) is 14.7. The van der Waals surface area contributed by atoms with E-state index in [-0.39, 0.29) is 12.5 Å². The van der Waals surface area contributed by atoms with Gasteiger partial charge in [-0.05, 0) is 12.8 Å². The fraction of sp³-hybridized carbons (Fsp3) is 0.909. The molecule has 0 saturated carbocycles. The van der Waals surface area contributed by atoms with Gasteiger partial charge in [0.2, 0.25) is 5.91 Å². The molecule has 4 heteroatoms. The van der Waals surface area contributed by atoms with Crippen LogP contribution in [-0.4, -0.2) is 34.9 Å². The number of aliphatic hydroxyl groups excluding tert-OH is 2. The standard InChI is InChI=1S/C11H23NO3/c1-3-5-7-10(14)9(8-13)12-11(15)6-4-2/h9-10,13-14H,3-8H2,1-2H3,(H,12,15)/t9-,10+/m0/s1. The van der Waals surface area contributed by atoms with E-state index in [0.717, 1.165) is 19.3 Å². The lowest BCUT2D eigenvalue weighted by atomic mass is 10.1. The SMILES string of the molecule is CCCC[C@@H](O)[C@H](CO)NC(=O)CCC. The molecule has 0 aliphatic carbocycles. The molecule has 4 nitrogen and oxygen atoms in total. The van der Waals surface area contributed by atoms with Crippen molar-refractivity contribution >= 4 is 5.91 Å². The number of hydrogen-bond acceptors (Lipinski definition) is 3. The van der Waals surface area contributed by atoms with Crippen LogP contribution in [0.3, 0.4) is 0 Å². The summed E-state index contributed by atoms with van der Waals surface area (Å²) in [5.74, 6) is -0.105. The van der Waals surface area contributed by atoms with Crippen LogP contribution in [0, 0.1) is 0 Å². The predicted octanol–water partition coefficient (Wildman–Crippen LogP) is 0.815. The first-order valence-electron chi connectivity index (χ1n) is 5.73. The Hall–Kier alpha value is -0.610. The fourth-order valence-corrected chi connectivity index (χ4v) is 1.38. The molecule has 0 spiro atoms. The first-order valence-corrected chi connectivity index (χ1v) is 5.73. The number of hydrogen-bond donors (Lipinski definition) is 3. The molecule has 0 aromatic carbocycles. The van der Waals surface area contributed by atoms with E-state index in [1.165, 1.54) is 0 Å². The monoisotopic (exact) mass is 217 g/mol. The highest BCUT2D eigenvalue weighted by Gasteiger charge is 2.19. The van der Waals surface area contributed by atoms with Crippen LogP contribution in [0.15, 0.2) is 0 Å². The van der Waals surface area contributed by atoms with Crippen molar-refractivity contribution in [2.75, 3.05) is 6.61 Å². The second kappa shape index (κ2) is 8.68. The Labute approximate surface area is 91.7 Å². The van der Waals surface area contributed by atoms with Crippen molar-refractivity contribution < 1.29 is 15.0 Å². The Morgan fingerprint density at radius 3 is 2.47 bits per heavy atom. The van der Waals surface area contributed by atoms with Crippen LogP contribution in [0.1, 0.15) is 46.0 Å². The number of rotatable bonds is 8. The highest BCUT2D eigenvalue weighted by atomic mass is 16.3. The number of nitrogens with one attached hydrogen (secondary N) is 1. The van der Waals surface area contributed by atoms with E-state index in [0.29, 0.717) is 12.8 Å². The van der Waals surface area contributed by atoms with E-state index in [1.807, 2.05) is 13.8 Å². The molecular weight excluding hydrogens is 194 g/mol. The number of carbonyl (C=O) groups is 1. The molecule has 1 amide bonds. The molecule has 0 bridgehead atoms. The molecule has 2 atom stereocenters. The van der Waals surface area contributed by atoms with Crippen molar-refractivity contribution in [3.8, 4) is 0 Å². The molecule has 0 aliphatic heterocycles. The largest absolute Gasteiger partial charge is 0.394 e. The third kappa shape index (κ3) is 6.47. The number of aliphatic hydroxyl groups is 2. The van der Waals surface area contributed by atoms with Gasteiger partial charge in [0.05, 0.1) is 18.8 Å². The van der Waals surface area contributed by atoms with Crippen molar-refractivity contribution in [3.63, 3.8) is 0 Å². The Morgan fingerprint density at radius 1 is 1.33 bits per heavy atom. The molecule has 3 N–H and O–H groups in total. The summed E-state index contributed by atoms with van der Waals surface area (Å²) in [6, 6.07) is -0.518. The highest BCUT2D eigenvalue weighted by Crippen LogP contribution is 2.05. The maximum atomic E-state index is 11.3. The maximum Gasteiger partial charge on any atom is 0.220 e. The molecule has 0 aromatic rings. The molecule has 15 heavy (non-hydrogen) atoms. The molecule has 0 rings (SSSR count). The van der Waals surface area contributed by atoms with Crippen LogP contribution in [0.25, 0.3) is 0 Å². The second-order valence-electron chi connectivity index (χ2n) is 3.82. The molecule has 0 heterocycles. The van der Waals surface area contributed by atoms with Crippen LogP contribution >= 0.6 is 0 Å². The minimum Gasteiger partial charge on any atom is -0.394 e. The predicted molar refractivity (Wildman–Crippen MR) is 59.5 cm³/mol. The van der Waals surface area contributed by atoms with Gasteiger partial charge in [-0.15, -0.1) is 0 Å². The summed E-state index contributed by atoms with van der Waals surface area (Å²) in [6.07, 6.45) is 3.09. The zero-order chi connectivity index (χ0) is 11.7. The lowest BCUT2D eigenvalue weighted by molar-refractivity contribution is -0.123. The van der Waals surface area contributed by atoms with Gasteiger partial charge in [-0.2, -0.15) is 0 Å². The van der Waals surface area contributed by atoms with Crippen molar-refractivity contribution in [3.05, 3.63) is 0 Å². The Bertz CT molecular complexity index is 173. The van der Waals surface area contributed by atoms with Crippen molar-refractivity contribution in [1.82, 2.24) is 5.32 Å². The Morgan fingerprint density at radius 2 is 2.00 bits per heavy atom. The number of unbranched alkanes of at least 4 members (excludes halogenated alkanes) is 1. The van der Waals surface area contributed by atoms with Gasteiger partial charge in [-0.25, -0.2) is 0 Å². The molecule has 0 fully saturated rings. The molecule has 0 aromatic heterocycles. The van der Waals surface area contributed by atoms with Gasteiger partial charge in [-0.1, -0.05) is 26.7 Å². The second-order valence-corrected chi connectivity index (χ2v) is 3.82. The molecule has 0 unspecified atom stereocenters. The fourth-order valence-electron chi connectivity index (χ4n) is 1.38. The van der Waals surface area contributed by atoms with Crippen molar-refractivity contribution in [2.45, 2.75) is 58.1 Å². The minimum atomic E-state index is -0.643. The number of amides is 1. The van der Waals surface area contributed by atoms with E-state index >= 15 is 0 Å². The summed E-state index contributed by atoms with van der Waals surface area (Å²) in [6.45, 7) is 3.75. The third-order valence-electron chi connectivity index (χ3n) is 2.34. The van der Waals surface area contributed by atoms with Crippen LogP contribution in [0.4, 0.5) is 0 Å². The molecule has 0 radical (unpaired) electrons. The zero-order valence-corrected chi connectivity index (χ0v) is 9.70. The van der Waals surface area contributed by atoms with Crippen LogP contribution < -0.4 is 5.32 Å². The zero-order valence-electron chi connectivity index (χ0n) is 9.70. The first-order chi connectivity index (χ1) is 7.15. The van der Waals surface area contributed by atoms with Crippen LogP contribution in [-0.2, 0) is 4.79 Å². The quantitative estimate of drug-likeness (QED) is 0.563. The molecule has 90 valence electrons. The summed E-state index contributed by atoms with van der Waals surface area (Å²) >= 11 is 0. The van der Waals surface area contributed by atoms with Gasteiger partial charge in [0, 0.05) is 6.42 Å². The van der Waals surface area contributed by atoms with E-state index in [2.05, 4.69) is 5.32 Å². The van der Waals surface area contributed by atoms with Crippen LogP contribution in [0.2, 0.25) is 0 Å². The van der Waals surface area contributed by atoms with Gasteiger partial charge in [-0.3, -0.25) is 4.79 Å². The Kier molecular flexibility index (Phi) is 8.33. The lowest BCUT2D eigenvalue weighted by Crippen LogP contribution is -2.45. The summed E-state index contributed by atoms with van der Waals surface area (Å²) < 4.78 is 0. The van der Waals surface area contributed by atoms with Gasteiger partial charge in [0.25, 0.3) is 0 Å². The molecule has 0 saturated heterocycles. The van der Waals surface area contributed by atoms with E-state index in [1.54, 1.807) is 0 Å². The topological polar surface area (TPSA) is 69.6 Å². The summed E-state index contributed by atoms with van der Waals surface area (Å²) in [7, 11) is 0. The minimum absolute atomic E-state index is 0.105. The highest BCUT2D eigenvalue weighted by molar-refractivity contribution is 5.76. The van der Waals surface area contributed by atoms with Crippen molar-refractivity contribution in [2.24, 2.45) is 0 Å².